The van der Waals surface area contributed by atoms with Gasteiger partial charge in [-0.3, -0.25) is 4.79 Å². The Labute approximate surface area is 163 Å². The summed E-state index contributed by atoms with van der Waals surface area (Å²) in [5, 5.41) is 0. The molecule has 1 saturated heterocycles. The van der Waals surface area contributed by atoms with Gasteiger partial charge in [-0.05, 0) is 37.1 Å². The zero-order chi connectivity index (χ0) is 19.5. The van der Waals surface area contributed by atoms with Gasteiger partial charge in [0.25, 0.3) is 5.91 Å². The number of furan rings is 1. The molecule has 7 nitrogen and oxygen atoms in total. The van der Waals surface area contributed by atoms with E-state index in [0.717, 1.165) is 35.7 Å². The average molecular weight is 381 g/mol. The van der Waals surface area contributed by atoms with Crippen molar-refractivity contribution >= 4 is 5.91 Å². The number of benzene rings is 1. The summed E-state index contributed by atoms with van der Waals surface area (Å²) in [6.45, 7) is 1.24. The van der Waals surface area contributed by atoms with E-state index in [1.807, 2.05) is 39.9 Å². The molecule has 0 aliphatic carbocycles. The molecule has 2 aromatic heterocycles. The fourth-order valence-electron chi connectivity index (χ4n) is 3.71. The molecule has 3 heterocycles. The minimum Gasteiger partial charge on any atom is -0.497 e. The number of hydrogen-bond donors (Lipinski definition) is 0. The zero-order valence-corrected chi connectivity index (χ0v) is 16.0. The molecular weight excluding hydrogens is 358 g/mol. The van der Waals surface area contributed by atoms with Crippen molar-refractivity contribution in [2.45, 2.75) is 25.4 Å². The van der Waals surface area contributed by atoms with E-state index >= 15 is 0 Å². The van der Waals surface area contributed by atoms with E-state index < -0.39 is 0 Å². The molecule has 1 aliphatic heterocycles. The second kappa shape index (κ2) is 7.80. The lowest BCUT2D eigenvalue weighted by atomic mass is 10.0. The third-order valence-electron chi connectivity index (χ3n) is 5.08. The van der Waals surface area contributed by atoms with Crippen molar-refractivity contribution in [1.29, 1.82) is 0 Å². The van der Waals surface area contributed by atoms with Gasteiger partial charge < -0.3 is 23.4 Å². The van der Waals surface area contributed by atoms with E-state index in [4.69, 9.17) is 13.9 Å². The summed E-state index contributed by atoms with van der Waals surface area (Å²) in [7, 11) is 3.26. The van der Waals surface area contributed by atoms with Crippen LogP contribution in [-0.4, -0.2) is 41.1 Å². The first kappa shape index (κ1) is 18.2. The van der Waals surface area contributed by atoms with Crippen molar-refractivity contribution in [3.63, 3.8) is 0 Å². The van der Waals surface area contributed by atoms with Gasteiger partial charge >= 0.3 is 0 Å². The molecule has 3 aromatic rings. The van der Waals surface area contributed by atoms with Crippen LogP contribution in [0.1, 0.15) is 40.8 Å². The molecule has 1 atom stereocenters. The second-order valence-electron chi connectivity index (χ2n) is 6.77. The number of carbonyl (C=O) groups excluding carboxylic acids is 1. The Hall–Kier alpha value is -3.22. The van der Waals surface area contributed by atoms with Crippen molar-refractivity contribution in [1.82, 2.24) is 14.5 Å². The first-order valence-electron chi connectivity index (χ1n) is 9.27. The Balaban J connectivity index is 1.55. The van der Waals surface area contributed by atoms with Gasteiger partial charge in [-0.1, -0.05) is 0 Å². The first-order valence-corrected chi connectivity index (χ1v) is 9.27. The SMILES string of the molecule is COc1ccc(C2CCCN2C(=O)c2ccc(Cn3ccnc3)o2)c(OC)c1. The third kappa shape index (κ3) is 3.47. The fourth-order valence-corrected chi connectivity index (χ4v) is 3.71. The molecule has 0 bridgehead atoms. The van der Waals surface area contributed by atoms with Crippen LogP contribution in [0.2, 0.25) is 0 Å². The molecule has 1 fully saturated rings. The number of carbonyl (C=O) groups is 1. The molecule has 0 saturated carbocycles. The number of nitrogens with zero attached hydrogens (tertiary/aromatic N) is 3. The summed E-state index contributed by atoms with van der Waals surface area (Å²) in [6, 6.07) is 9.26. The topological polar surface area (TPSA) is 69.7 Å². The maximum atomic E-state index is 13.1. The summed E-state index contributed by atoms with van der Waals surface area (Å²) >= 11 is 0. The van der Waals surface area contributed by atoms with Gasteiger partial charge in [-0.2, -0.15) is 0 Å². The van der Waals surface area contributed by atoms with Gasteiger partial charge in [0, 0.05) is 30.6 Å². The summed E-state index contributed by atoms with van der Waals surface area (Å²) in [5.41, 5.74) is 0.986. The highest BCUT2D eigenvalue weighted by Crippen LogP contribution is 2.39. The van der Waals surface area contributed by atoms with E-state index in [9.17, 15) is 4.79 Å². The second-order valence-corrected chi connectivity index (χ2v) is 6.77. The van der Waals surface area contributed by atoms with Gasteiger partial charge in [0.15, 0.2) is 5.76 Å². The minimum atomic E-state index is -0.0998. The van der Waals surface area contributed by atoms with Crippen molar-refractivity contribution < 1.29 is 18.7 Å². The Morgan fingerprint density at radius 2 is 2.14 bits per heavy atom. The minimum absolute atomic E-state index is 0.0458. The van der Waals surface area contributed by atoms with E-state index in [0.29, 0.717) is 18.8 Å². The molecule has 4 rings (SSSR count). The molecule has 146 valence electrons. The number of amides is 1. The third-order valence-corrected chi connectivity index (χ3v) is 5.08. The Kier molecular flexibility index (Phi) is 5.06. The van der Waals surface area contributed by atoms with Crippen molar-refractivity contribution in [3.05, 3.63) is 66.1 Å². The maximum Gasteiger partial charge on any atom is 0.290 e. The summed E-state index contributed by atoms with van der Waals surface area (Å²) < 4.78 is 18.5. The van der Waals surface area contributed by atoms with Gasteiger partial charge in [-0.15, -0.1) is 0 Å². The molecule has 7 heteroatoms. The predicted octanol–water partition coefficient (Wildman–Crippen LogP) is 3.52. The van der Waals surface area contributed by atoms with Crippen LogP contribution in [0.4, 0.5) is 0 Å². The van der Waals surface area contributed by atoms with Crippen LogP contribution in [0.3, 0.4) is 0 Å². The average Bonchev–Trinajstić information content (AvgIpc) is 3.49. The summed E-state index contributed by atoms with van der Waals surface area (Å²) in [5.74, 6) is 2.43. The van der Waals surface area contributed by atoms with Gasteiger partial charge in [-0.25, -0.2) is 4.98 Å². The van der Waals surface area contributed by atoms with Gasteiger partial charge in [0.05, 0.1) is 33.1 Å². The van der Waals surface area contributed by atoms with Crippen LogP contribution in [-0.2, 0) is 6.54 Å². The number of aromatic nitrogens is 2. The number of methoxy groups -OCH3 is 2. The molecule has 1 unspecified atom stereocenters. The molecule has 1 aliphatic rings. The molecule has 1 aromatic carbocycles. The molecule has 0 N–H and O–H groups in total. The highest BCUT2D eigenvalue weighted by Gasteiger charge is 2.33. The van der Waals surface area contributed by atoms with Crippen LogP contribution in [0, 0.1) is 0 Å². The quantitative estimate of drug-likeness (QED) is 0.653. The van der Waals surface area contributed by atoms with Crippen molar-refractivity contribution in [2.24, 2.45) is 0 Å². The van der Waals surface area contributed by atoms with Crippen LogP contribution < -0.4 is 9.47 Å². The molecule has 0 radical (unpaired) electrons. The van der Waals surface area contributed by atoms with Crippen LogP contribution >= 0.6 is 0 Å². The first-order chi connectivity index (χ1) is 13.7. The largest absolute Gasteiger partial charge is 0.497 e. The van der Waals surface area contributed by atoms with E-state index in [-0.39, 0.29) is 11.9 Å². The maximum absolute atomic E-state index is 13.1. The smallest absolute Gasteiger partial charge is 0.290 e. The van der Waals surface area contributed by atoms with Gasteiger partial charge in [0.1, 0.15) is 17.3 Å². The summed E-state index contributed by atoms with van der Waals surface area (Å²) in [6.07, 6.45) is 7.12. The van der Waals surface area contributed by atoms with Crippen LogP contribution in [0.5, 0.6) is 11.5 Å². The zero-order valence-electron chi connectivity index (χ0n) is 16.0. The highest BCUT2D eigenvalue weighted by atomic mass is 16.5. The van der Waals surface area contributed by atoms with Gasteiger partial charge in [0.2, 0.25) is 0 Å². The normalized spacial score (nSPS) is 16.4. The number of imidazole rings is 1. The van der Waals surface area contributed by atoms with E-state index in [1.165, 1.54) is 0 Å². The highest BCUT2D eigenvalue weighted by molar-refractivity contribution is 5.92. The van der Waals surface area contributed by atoms with E-state index in [2.05, 4.69) is 4.98 Å². The lowest BCUT2D eigenvalue weighted by Gasteiger charge is -2.25. The number of ether oxygens (including phenoxy) is 2. The van der Waals surface area contributed by atoms with Crippen LogP contribution in [0.25, 0.3) is 0 Å². The molecule has 0 spiro atoms. The molecule has 28 heavy (non-hydrogen) atoms. The number of hydrogen-bond acceptors (Lipinski definition) is 5. The molecule has 1 amide bonds. The van der Waals surface area contributed by atoms with Crippen molar-refractivity contribution in [2.75, 3.05) is 20.8 Å². The summed E-state index contributed by atoms with van der Waals surface area (Å²) in [4.78, 5) is 19.0. The number of rotatable bonds is 6. The van der Waals surface area contributed by atoms with E-state index in [1.54, 1.807) is 32.8 Å². The Morgan fingerprint density at radius 3 is 2.89 bits per heavy atom. The predicted molar refractivity (Wildman–Crippen MR) is 103 cm³/mol. The van der Waals surface area contributed by atoms with Crippen molar-refractivity contribution in [3.8, 4) is 11.5 Å². The monoisotopic (exact) mass is 381 g/mol. The Morgan fingerprint density at radius 1 is 1.25 bits per heavy atom. The molecular formula is C21H23N3O4. The standard InChI is InChI=1S/C21H23N3O4/c1-26-15-5-7-17(20(12-15)27-2)18-4-3-10-24(18)21(25)19-8-6-16(28-19)13-23-11-9-22-14-23/h5-9,11-12,14,18H,3-4,10,13H2,1-2H3. The number of likely N-dealkylation sites (tertiary alicyclic amines) is 1. The fraction of sp³-hybridized carbons (Fsp3) is 0.333. The Bertz CT molecular complexity index is 948. The lowest BCUT2D eigenvalue weighted by molar-refractivity contribution is 0.0699. The van der Waals surface area contributed by atoms with Crippen LogP contribution in [0.15, 0.2) is 53.5 Å². The lowest BCUT2D eigenvalue weighted by Crippen LogP contribution is -2.30.